The lowest BCUT2D eigenvalue weighted by molar-refractivity contribution is 0.521. The Morgan fingerprint density at radius 2 is 1.69 bits per heavy atom. The third kappa shape index (κ3) is 11.9. The van der Waals surface area contributed by atoms with E-state index in [0.29, 0.717) is 0 Å². The summed E-state index contributed by atoms with van der Waals surface area (Å²) in [6.07, 6.45) is 6.40. The molecule has 0 aliphatic carbocycles. The molecule has 0 aliphatic rings. The van der Waals surface area contributed by atoms with Crippen molar-refractivity contribution in [2.24, 2.45) is 11.7 Å². The minimum Gasteiger partial charge on any atom is -0.330 e. The quantitative estimate of drug-likeness (QED) is 0.541. The second-order valence-corrected chi connectivity index (χ2v) is 4.14. The third-order valence-electron chi connectivity index (χ3n) is 2.21. The van der Waals surface area contributed by atoms with E-state index in [9.17, 15) is 0 Å². The van der Waals surface area contributed by atoms with Crippen LogP contribution in [-0.2, 0) is 0 Å². The Morgan fingerprint density at radius 3 is 2.31 bits per heavy atom. The Morgan fingerprint density at radius 1 is 1.00 bits per heavy atom. The van der Waals surface area contributed by atoms with Crippen LogP contribution < -0.4 is 11.1 Å². The molecule has 0 aliphatic heterocycles. The van der Waals surface area contributed by atoms with Crippen molar-refractivity contribution in [3.8, 4) is 0 Å². The summed E-state index contributed by atoms with van der Waals surface area (Å²) in [4.78, 5) is 0. The summed E-state index contributed by atoms with van der Waals surface area (Å²) >= 11 is 0. The molecule has 2 nitrogen and oxygen atoms in total. The lowest BCUT2D eigenvalue weighted by Gasteiger charge is -2.06. The highest BCUT2D eigenvalue weighted by molar-refractivity contribution is 4.52. The number of nitrogens with two attached hydrogens (primary N) is 1. The van der Waals surface area contributed by atoms with E-state index in [1.807, 2.05) is 0 Å². The molecule has 0 atom stereocenters. The van der Waals surface area contributed by atoms with E-state index in [-0.39, 0.29) is 0 Å². The van der Waals surface area contributed by atoms with Crippen LogP contribution in [0.2, 0.25) is 0 Å². The Kier molecular flexibility index (Phi) is 9.94. The molecule has 3 N–H and O–H groups in total. The summed E-state index contributed by atoms with van der Waals surface area (Å²) in [7, 11) is 0. The van der Waals surface area contributed by atoms with Crippen molar-refractivity contribution in [2.75, 3.05) is 19.6 Å². The Bertz CT molecular complexity index is 92.1. The lowest BCUT2D eigenvalue weighted by Crippen LogP contribution is -2.18. The topological polar surface area (TPSA) is 38.0 Å². The van der Waals surface area contributed by atoms with Gasteiger partial charge in [-0.05, 0) is 44.8 Å². The summed E-state index contributed by atoms with van der Waals surface area (Å²) in [6.45, 7) is 7.73. The maximum absolute atomic E-state index is 5.41. The second kappa shape index (κ2) is 10.0. The predicted octanol–water partition coefficient (Wildman–Crippen LogP) is 2.14. The maximum Gasteiger partial charge on any atom is -0.00465 e. The minimum absolute atomic E-state index is 0.824. The normalized spacial score (nSPS) is 11.1. The van der Waals surface area contributed by atoms with Crippen molar-refractivity contribution < 1.29 is 0 Å². The van der Waals surface area contributed by atoms with Gasteiger partial charge < -0.3 is 11.1 Å². The fourth-order valence-electron chi connectivity index (χ4n) is 1.26. The zero-order valence-corrected chi connectivity index (χ0v) is 9.31. The zero-order chi connectivity index (χ0) is 9.94. The molecule has 0 amide bonds. The van der Waals surface area contributed by atoms with Gasteiger partial charge in [-0.15, -0.1) is 0 Å². The highest BCUT2D eigenvalue weighted by Gasteiger charge is 1.93. The standard InChI is InChI=1S/C11H26N2/c1-11(2)7-10-13-9-6-4-3-5-8-12/h11,13H,3-10,12H2,1-2H3. The van der Waals surface area contributed by atoms with Gasteiger partial charge in [0.1, 0.15) is 0 Å². The van der Waals surface area contributed by atoms with Gasteiger partial charge in [0.2, 0.25) is 0 Å². The summed E-state index contributed by atoms with van der Waals surface area (Å²) < 4.78 is 0. The van der Waals surface area contributed by atoms with E-state index in [4.69, 9.17) is 5.73 Å². The molecule has 0 aromatic carbocycles. The van der Waals surface area contributed by atoms with Crippen LogP contribution in [0.4, 0.5) is 0 Å². The van der Waals surface area contributed by atoms with Crippen molar-refractivity contribution >= 4 is 0 Å². The summed E-state index contributed by atoms with van der Waals surface area (Å²) in [5.74, 6) is 0.824. The van der Waals surface area contributed by atoms with Gasteiger partial charge >= 0.3 is 0 Å². The first kappa shape index (κ1) is 12.9. The monoisotopic (exact) mass is 186 g/mol. The van der Waals surface area contributed by atoms with Gasteiger partial charge in [-0.1, -0.05) is 26.7 Å². The molecule has 80 valence electrons. The largest absolute Gasteiger partial charge is 0.330 e. The van der Waals surface area contributed by atoms with E-state index in [2.05, 4.69) is 19.2 Å². The molecular weight excluding hydrogens is 160 g/mol. The van der Waals surface area contributed by atoms with Gasteiger partial charge in [0.05, 0.1) is 0 Å². The van der Waals surface area contributed by atoms with Crippen LogP contribution in [0.5, 0.6) is 0 Å². The first-order valence-corrected chi connectivity index (χ1v) is 5.68. The number of hydrogen-bond donors (Lipinski definition) is 2. The fourth-order valence-corrected chi connectivity index (χ4v) is 1.26. The van der Waals surface area contributed by atoms with Gasteiger partial charge in [-0.25, -0.2) is 0 Å². The van der Waals surface area contributed by atoms with Gasteiger partial charge in [0.25, 0.3) is 0 Å². The molecule has 0 aromatic rings. The fraction of sp³-hybridized carbons (Fsp3) is 1.00. The van der Waals surface area contributed by atoms with Crippen LogP contribution in [0, 0.1) is 5.92 Å². The number of unbranched alkanes of at least 4 members (excludes halogenated alkanes) is 3. The first-order chi connectivity index (χ1) is 6.27. The van der Waals surface area contributed by atoms with Crippen molar-refractivity contribution in [2.45, 2.75) is 46.0 Å². The maximum atomic E-state index is 5.41. The molecule has 0 bridgehead atoms. The summed E-state index contributed by atoms with van der Waals surface area (Å²) in [6, 6.07) is 0. The van der Waals surface area contributed by atoms with E-state index < -0.39 is 0 Å². The third-order valence-corrected chi connectivity index (χ3v) is 2.21. The molecule has 2 heteroatoms. The lowest BCUT2D eigenvalue weighted by atomic mass is 10.1. The van der Waals surface area contributed by atoms with Crippen LogP contribution in [0.25, 0.3) is 0 Å². The Labute approximate surface area is 83.3 Å². The van der Waals surface area contributed by atoms with Crippen molar-refractivity contribution in [3.63, 3.8) is 0 Å². The second-order valence-electron chi connectivity index (χ2n) is 4.14. The Hall–Kier alpha value is -0.0800. The first-order valence-electron chi connectivity index (χ1n) is 5.68. The number of nitrogens with one attached hydrogen (secondary N) is 1. The molecule has 0 aromatic heterocycles. The molecule has 0 spiro atoms. The average molecular weight is 186 g/mol. The van der Waals surface area contributed by atoms with E-state index in [1.165, 1.54) is 45.2 Å². The van der Waals surface area contributed by atoms with E-state index in [0.717, 1.165) is 12.5 Å². The van der Waals surface area contributed by atoms with Gasteiger partial charge in [0, 0.05) is 0 Å². The molecule has 0 fully saturated rings. The van der Waals surface area contributed by atoms with Crippen molar-refractivity contribution in [1.82, 2.24) is 5.32 Å². The van der Waals surface area contributed by atoms with Crippen molar-refractivity contribution in [3.05, 3.63) is 0 Å². The van der Waals surface area contributed by atoms with Crippen LogP contribution >= 0.6 is 0 Å². The molecule has 0 rings (SSSR count). The zero-order valence-electron chi connectivity index (χ0n) is 9.31. The molecule has 0 heterocycles. The van der Waals surface area contributed by atoms with Crippen molar-refractivity contribution in [1.29, 1.82) is 0 Å². The highest BCUT2D eigenvalue weighted by atomic mass is 14.8. The van der Waals surface area contributed by atoms with Crippen LogP contribution in [-0.4, -0.2) is 19.6 Å². The van der Waals surface area contributed by atoms with Gasteiger partial charge in [-0.2, -0.15) is 0 Å². The summed E-state index contributed by atoms with van der Waals surface area (Å²) in [5.41, 5.74) is 5.41. The van der Waals surface area contributed by atoms with Gasteiger partial charge in [0.15, 0.2) is 0 Å². The SMILES string of the molecule is CC(C)CCNCCCCCCN. The van der Waals surface area contributed by atoms with Crippen LogP contribution in [0.3, 0.4) is 0 Å². The average Bonchev–Trinajstić information content (AvgIpc) is 2.09. The molecule has 13 heavy (non-hydrogen) atoms. The molecule has 0 unspecified atom stereocenters. The number of hydrogen-bond acceptors (Lipinski definition) is 2. The van der Waals surface area contributed by atoms with Crippen LogP contribution in [0.1, 0.15) is 46.0 Å². The van der Waals surface area contributed by atoms with E-state index >= 15 is 0 Å². The smallest absolute Gasteiger partial charge is 0.00465 e. The van der Waals surface area contributed by atoms with E-state index in [1.54, 1.807) is 0 Å². The molecule has 0 radical (unpaired) electrons. The summed E-state index contributed by atoms with van der Waals surface area (Å²) in [5, 5.41) is 3.46. The number of rotatable bonds is 9. The van der Waals surface area contributed by atoms with Crippen LogP contribution in [0.15, 0.2) is 0 Å². The Balaban J connectivity index is 2.84. The minimum atomic E-state index is 0.824. The molecule has 0 saturated carbocycles. The molecule has 0 saturated heterocycles. The predicted molar refractivity (Wildman–Crippen MR) is 59.8 cm³/mol. The molecular formula is C11H26N2. The van der Waals surface area contributed by atoms with Gasteiger partial charge in [-0.3, -0.25) is 0 Å². The highest BCUT2D eigenvalue weighted by Crippen LogP contribution is 1.98.